The molecule has 5 nitrogen and oxygen atoms in total. The second kappa shape index (κ2) is 9.93. The number of thiophene rings is 1. The number of hydrogen-bond acceptors (Lipinski definition) is 6. The van der Waals surface area contributed by atoms with Crippen LogP contribution in [0.4, 0.5) is 0 Å². The maximum Gasteiger partial charge on any atom is 0.227 e. The molecular formula is C38H22N4OS. The molecule has 0 atom stereocenters. The van der Waals surface area contributed by atoms with Crippen LogP contribution in [0.15, 0.2) is 138 Å². The molecule has 6 heteroatoms. The van der Waals surface area contributed by atoms with Crippen LogP contribution in [0.2, 0.25) is 0 Å². The van der Waals surface area contributed by atoms with E-state index >= 15 is 0 Å². The summed E-state index contributed by atoms with van der Waals surface area (Å²) in [6.07, 6.45) is 0. The van der Waals surface area contributed by atoms with Crippen molar-refractivity contribution in [1.82, 2.24) is 19.9 Å². The predicted molar refractivity (Wildman–Crippen MR) is 180 cm³/mol. The maximum atomic E-state index is 6.31. The van der Waals surface area contributed by atoms with Gasteiger partial charge in [0.15, 0.2) is 23.1 Å². The van der Waals surface area contributed by atoms with E-state index < -0.39 is 0 Å². The first kappa shape index (κ1) is 24.8. The highest BCUT2D eigenvalue weighted by Gasteiger charge is 2.19. The largest absolute Gasteiger partial charge is 0.436 e. The van der Waals surface area contributed by atoms with Crippen molar-refractivity contribution in [3.05, 3.63) is 133 Å². The van der Waals surface area contributed by atoms with Crippen LogP contribution in [-0.2, 0) is 0 Å². The average Bonchev–Trinajstić information content (AvgIpc) is 3.68. The monoisotopic (exact) mass is 582 g/mol. The van der Waals surface area contributed by atoms with Gasteiger partial charge in [-0.05, 0) is 35.0 Å². The molecule has 0 aliphatic heterocycles. The Morgan fingerprint density at radius 3 is 1.91 bits per heavy atom. The molecule has 0 aliphatic carbocycles. The summed E-state index contributed by atoms with van der Waals surface area (Å²) < 4.78 is 8.60. The molecule has 0 bridgehead atoms. The first-order valence-corrected chi connectivity index (χ1v) is 15.2. The second-order valence-electron chi connectivity index (χ2n) is 10.7. The fraction of sp³-hybridized carbons (Fsp3) is 0. The van der Waals surface area contributed by atoms with E-state index in [2.05, 4.69) is 66.7 Å². The summed E-state index contributed by atoms with van der Waals surface area (Å²) in [5.74, 6) is 2.54. The van der Waals surface area contributed by atoms with Crippen molar-refractivity contribution in [2.75, 3.05) is 0 Å². The number of benzene rings is 6. The van der Waals surface area contributed by atoms with Crippen molar-refractivity contribution in [2.45, 2.75) is 0 Å². The summed E-state index contributed by atoms with van der Waals surface area (Å²) in [7, 11) is 0. The maximum absolute atomic E-state index is 6.31. The van der Waals surface area contributed by atoms with E-state index in [0.717, 1.165) is 58.9 Å². The van der Waals surface area contributed by atoms with Gasteiger partial charge >= 0.3 is 0 Å². The minimum absolute atomic E-state index is 0.616. The molecule has 3 aromatic heterocycles. The molecule has 0 saturated carbocycles. The highest BCUT2D eigenvalue weighted by atomic mass is 32.1. The van der Waals surface area contributed by atoms with Crippen LogP contribution >= 0.6 is 11.3 Å². The number of rotatable bonds is 4. The van der Waals surface area contributed by atoms with E-state index in [-0.39, 0.29) is 0 Å². The quantitative estimate of drug-likeness (QED) is 0.207. The zero-order valence-electron chi connectivity index (χ0n) is 23.3. The van der Waals surface area contributed by atoms with Crippen molar-refractivity contribution in [2.24, 2.45) is 0 Å². The molecule has 0 fully saturated rings. The van der Waals surface area contributed by atoms with Gasteiger partial charge < -0.3 is 4.42 Å². The molecule has 0 amide bonds. The van der Waals surface area contributed by atoms with Gasteiger partial charge in [-0.2, -0.15) is 0 Å². The third kappa shape index (κ3) is 4.15. The van der Waals surface area contributed by atoms with Gasteiger partial charge in [0, 0.05) is 48.5 Å². The molecule has 0 radical (unpaired) electrons. The van der Waals surface area contributed by atoms with Crippen LogP contribution in [0, 0.1) is 0 Å². The number of aromatic nitrogens is 4. The van der Waals surface area contributed by atoms with E-state index in [0.29, 0.717) is 23.4 Å². The zero-order valence-corrected chi connectivity index (χ0v) is 24.1. The predicted octanol–water partition coefficient (Wildman–Crippen LogP) is 10.2. The van der Waals surface area contributed by atoms with E-state index in [1.54, 1.807) is 11.3 Å². The first-order chi connectivity index (χ1) is 21.8. The molecule has 9 aromatic rings. The van der Waals surface area contributed by atoms with E-state index in [1.165, 1.54) is 5.39 Å². The average molecular weight is 583 g/mol. The van der Waals surface area contributed by atoms with Crippen molar-refractivity contribution in [1.29, 1.82) is 0 Å². The Morgan fingerprint density at radius 2 is 1.16 bits per heavy atom. The van der Waals surface area contributed by atoms with Crippen LogP contribution in [0.25, 0.3) is 87.7 Å². The van der Waals surface area contributed by atoms with Crippen LogP contribution < -0.4 is 0 Å². The zero-order chi connectivity index (χ0) is 29.0. The molecule has 6 aromatic carbocycles. The Labute approximate surface area is 256 Å². The minimum atomic E-state index is 0.616. The first-order valence-electron chi connectivity index (χ1n) is 14.4. The fourth-order valence-electron chi connectivity index (χ4n) is 5.81. The highest BCUT2D eigenvalue weighted by molar-refractivity contribution is 7.26. The summed E-state index contributed by atoms with van der Waals surface area (Å²) in [5, 5.41) is 4.56. The van der Waals surface area contributed by atoms with E-state index in [1.807, 2.05) is 66.7 Å². The van der Waals surface area contributed by atoms with Crippen LogP contribution in [0.1, 0.15) is 0 Å². The number of fused-ring (bicyclic) bond motifs is 5. The smallest absolute Gasteiger partial charge is 0.227 e. The van der Waals surface area contributed by atoms with Gasteiger partial charge in [0.05, 0.1) is 0 Å². The molecule has 44 heavy (non-hydrogen) atoms. The Hall–Kier alpha value is -5.72. The van der Waals surface area contributed by atoms with Crippen LogP contribution in [0.3, 0.4) is 0 Å². The summed E-state index contributed by atoms with van der Waals surface area (Å²) in [4.78, 5) is 19.8. The molecular weight excluding hydrogens is 561 g/mol. The fourth-order valence-corrected chi connectivity index (χ4v) is 6.95. The Balaban J connectivity index is 1.24. The Bertz CT molecular complexity index is 2440. The molecule has 0 N–H and O–H groups in total. The van der Waals surface area contributed by atoms with Crippen LogP contribution in [0.5, 0.6) is 0 Å². The molecule has 0 aliphatic rings. The Morgan fingerprint density at radius 1 is 0.477 bits per heavy atom. The van der Waals surface area contributed by atoms with Gasteiger partial charge in [-0.3, -0.25) is 0 Å². The molecule has 9 rings (SSSR count). The van der Waals surface area contributed by atoms with Crippen LogP contribution in [-0.4, -0.2) is 19.9 Å². The summed E-state index contributed by atoms with van der Waals surface area (Å²) >= 11 is 1.73. The highest BCUT2D eigenvalue weighted by Crippen LogP contribution is 2.42. The minimum Gasteiger partial charge on any atom is -0.436 e. The lowest BCUT2D eigenvalue weighted by molar-refractivity contribution is 0.620. The van der Waals surface area contributed by atoms with E-state index in [4.69, 9.17) is 24.4 Å². The third-order valence-electron chi connectivity index (χ3n) is 7.94. The van der Waals surface area contributed by atoms with Crippen molar-refractivity contribution in [3.63, 3.8) is 0 Å². The lowest BCUT2D eigenvalue weighted by Crippen LogP contribution is -2.00. The van der Waals surface area contributed by atoms with Gasteiger partial charge in [-0.25, -0.2) is 19.9 Å². The summed E-state index contributed by atoms with van der Waals surface area (Å²) in [6, 6.07) is 45.3. The Kier molecular flexibility index (Phi) is 5.61. The molecule has 0 unspecified atom stereocenters. The van der Waals surface area contributed by atoms with Gasteiger partial charge in [-0.15, -0.1) is 11.3 Å². The third-order valence-corrected chi connectivity index (χ3v) is 9.06. The van der Waals surface area contributed by atoms with Gasteiger partial charge in [0.25, 0.3) is 0 Å². The molecule has 0 spiro atoms. The molecule has 3 heterocycles. The van der Waals surface area contributed by atoms with E-state index in [9.17, 15) is 0 Å². The molecule has 206 valence electrons. The number of hydrogen-bond donors (Lipinski definition) is 0. The van der Waals surface area contributed by atoms with Gasteiger partial charge in [0.1, 0.15) is 5.52 Å². The number of nitrogens with zero attached hydrogens (tertiary/aromatic N) is 4. The lowest BCUT2D eigenvalue weighted by atomic mass is 10.0. The van der Waals surface area contributed by atoms with Gasteiger partial charge in [0.2, 0.25) is 5.89 Å². The van der Waals surface area contributed by atoms with Crippen molar-refractivity contribution in [3.8, 4) is 45.6 Å². The summed E-state index contributed by atoms with van der Waals surface area (Å²) in [5.41, 5.74) is 5.40. The topological polar surface area (TPSA) is 64.7 Å². The normalized spacial score (nSPS) is 11.6. The summed E-state index contributed by atoms with van der Waals surface area (Å²) in [6.45, 7) is 0. The lowest BCUT2D eigenvalue weighted by Gasteiger charge is -2.09. The standard InChI is InChI=1S/C38H22N4OS/c1-3-11-24(12-4-1)35-40-36(25-13-5-2-6-14-25)42-37(41-35)28-16-9-17-32-34(28)29-21-30-31(22-33(29)44-32)43-38(39-30)27-19-18-23-10-7-8-15-26(23)20-27/h1-22H. The van der Waals surface area contributed by atoms with Crippen molar-refractivity contribution >= 4 is 53.4 Å². The van der Waals surface area contributed by atoms with Crippen molar-refractivity contribution < 1.29 is 4.42 Å². The molecule has 0 saturated heterocycles. The van der Waals surface area contributed by atoms with Gasteiger partial charge in [-0.1, -0.05) is 103 Å². The second-order valence-corrected chi connectivity index (χ2v) is 11.8. The SMILES string of the molecule is c1ccc(-c2nc(-c3ccccc3)nc(-c3cccc4sc5cc6oc(-c7ccc8ccccc8c7)nc6cc5c34)n2)cc1. The number of oxazole rings is 1.